The molecule has 4 rings (SSSR count). The van der Waals surface area contributed by atoms with E-state index in [1.807, 2.05) is 0 Å². The highest BCUT2D eigenvalue weighted by Crippen LogP contribution is 2.36. The number of aryl methyl sites for hydroxylation is 2. The summed E-state index contributed by atoms with van der Waals surface area (Å²) in [4.78, 5) is 25.1. The van der Waals surface area contributed by atoms with Gasteiger partial charge in [-0.2, -0.15) is 18.3 Å². The average molecular weight is 498 g/mol. The van der Waals surface area contributed by atoms with Crippen molar-refractivity contribution in [2.24, 2.45) is 5.73 Å². The molecule has 0 bridgehead atoms. The van der Waals surface area contributed by atoms with Gasteiger partial charge in [-0.25, -0.2) is 18.4 Å². The second kappa shape index (κ2) is 10.2. The molecule has 186 valence electrons. The van der Waals surface area contributed by atoms with Crippen molar-refractivity contribution in [3.05, 3.63) is 58.9 Å². The number of aromatic nitrogens is 3. The Morgan fingerprint density at radius 3 is 2.34 bits per heavy atom. The Morgan fingerprint density at radius 1 is 1.09 bits per heavy atom. The molecule has 0 saturated carbocycles. The Bertz CT molecular complexity index is 1270. The minimum Gasteiger partial charge on any atom is -0.477 e. The number of halogens is 5. The maximum absolute atomic E-state index is 13.6. The van der Waals surface area contributed by atoms with E-state index in [9.17, 15) is 31.9 Å². The monoisotopic (exact) mass is 498 g/mol. The number of pyridine rings is 1. The first-order chi connectivity index (χ1) is 16.4. The molecule has 4 N–H and O–H groups in total. The third-order valence-electron chi connectivity index (χ3n) is 5.17. The molecule has 0 radical (unpaired) electrons. The third-order valence-corrected chi connectivity index (χ3v) is 5.17. The number of fused-ring (bicyclic) bond motifs is 3. The summed E-state index contributed by atoms with van der Waals surface area (Å²) in [5.41, 5.74) is 9.64. The number of rotatable bonds is 5. The quantitative estimate of drug-likeness (QED) is 0.458. The zero-order valence-electron chi connectivity index (χ0n) is 17.9. The van der Waals surface area contributed by atoms with Gasteiger partial charge in [0.2, 0.25) is 0 Å². The van der Waals surface area contributed by atoms with Crippen LogP contribution in [0.4, 0.5) is 22.0 Å². The van der Waals surface area contributed by atoms with E-state index in [1.54, 1.807) is 12.3 Å². The Balaban J connectivity index is 0.000000429. The number of aromatic carboxylic acids is 1. The van der Waals surface area contributed by atoms with Crippen molar-refractivity contribution < 1.29 is 41.8 Å². The molecule has 1 aliphatic carbocycles. The lowest BCUT2D eigenvalue weighted by Crippen LogP contribution is -2.21. The first-order valence-electron chi connectivity index (χ1n) is 10.2. The van der Waals surface area contributed by atoms with Gasteiger partial charge in [0.05, 0.1) is 11.4 Å². The van der Waals surface area contributed by atoms with E-state index >= 15 is 0 Å². The van der Waals surface area contributed by atoms with Gasteiger partial charge < -0.3 is 15.9 Å². The summed E-state index contributed by atoms with van der Waals surface area (Å²) in [5, 5.41) is 21.3. The number of carboxylic acid groups (broad SMARTS) is 2. The molecule has 0 aliphatic heterocycles. The smallest absolute Gasteiger partial charge is 0.477 e. The molecule has 0 saturated heterocycles. The van der Waals surface area contributed by atoms with E-state index in [4.69, 9.17) is 15.6 Å². The van der Waals surface area contributed by atoms with Crippen molar-refractivity contribution >= 4 is 11.9 Å². The Kier molecular flexibility index (Phi) is 7.48. The Morgan fingerprint density at radius 2 is 1.77 bits per heavy atom. The van der Waals surface area contributed by atoms with E-state index in [2.05, 4.69) is 10.1 Å². The molecule has 8 nitrogen and oxygen atoms in total. The summed E-state index contributed by atoms with van der Waals surface area (Å²) >= 11 is 0. The minimum absolute atomic E-state index is 0.181. The highest BCUT2D eigenvalue weighted by molar-refractivity contribution is 5.91. The largest absolute Gasteiger partial charge is 0.490 e. The van der Waals surface area contributed by atoms with Crippen LogP contribution in [0.3, 0.4) is 0 Å². The van der Waals surface area contributed by atoms with Crippen LogP contribution in [0, 0.1) is 11.6 Å². The van der Waals surface area contributed by atoms with Crippen LogP contribution in [-0.2, 0) is 24.2 Å². The number of hydrogen-bond donors (Lipinski definition) is 3. The van der Waals surface area contributed by atoms with E-state index in [-0.39, 0.29) is 5.69 Å². The van der Waals surface area contributed by atoms with Gasteiger partial charge in [0.15, 0.2) is 11.6 Å². The van der Waals surface area contributed by atoms with Gasteiger partial charge in [0.1, 0.15) is 5.69 Å². The number of nitrogens with zero attached hydrogens (tertiary/aromatic N) is 3. The normalized spacial score (nSPS) is 12.3. The van der Waals surface area contributed by atoms with Crippen molar-refractivity contribution in [2.75, 3.05) is 6.54 Å². The Hall–Kier alpha value is -3.87. The highest BCUT2D eigenvalue weighted by atomic mass is 19.4. The molecule has 2 aromatic heterocycles. The molecule has 0 amide bonds. The summed E-state index contributed by atoms with van der Waals surface area (Å²) in [6, 6.07) is 5.36. The van der Waals surface area contributed by atoms with E-state index < -0.39 is 29.7 Å². The fourth-order valence-corrected chi connectivity index (χ4v) is 3.57. The third kappa shape index (κ3) is 5.62. The SMILES string of the molecule is NCCCn1nc2c(c1C(=O)O)CCc1cnc(-c3ccc(F)c(F)c3)cc1-2.O=C(O)C(F)(F)F. The lowest BCUT2D eigenvalue weighted by atomic mass is 9.89. The van der Waals surface area contributed by atoms with Crippen LogP contribution in [0.5, 0.6) is 0 Å². The van der Waals surface area contributed by atoms with Crippen LogP contribution >= 0.6 is 0 Å². The van der Waals surface area contributed by atoms with Crippen LogP contribution in [0.1, 0.15) is 28.0 Å². The minimum atomic E-state index is -5.08. The molecule has 1 aliphatic rings. The number of benzene rings is 1. The maximum Gasteiger partial charge on any atom is 0.490 e. The van der Waals surface area contributed by atoms with E-state index in [1.165, 1.54) is 10.7 Å². The second-order valence-corrected chi connectivity index (χ2v) is 7.50. The number of aliphatic carboxylic acids is 1. The van der Waals surface area contributed by atoms with Crippen molar-refractivity contribution in [3.63, 3.8) is 0 Å². The number of nitrogens with two attached hydrogens (primary N) is 1. The summed E-state index contributed by atoms with van der Waals surface area (Å²) < 4.78 is 60.1. The first kappa shape index (κ1) is 25.7. The predicted octanol–water partition coefficient (Wildman–Crippen LogP) is 3.67. The van der Waals surface area contributed by atoms with Gasteiger partial charge in [-0.3, -0.25) is 9.67 Å². The summed E-state index contributed by atoms with van der Waals surface area (Å²) in [7, 11) is 0. The number of carbonyl (C=O) groups is 2. The molecular formula is C22H19F5N4O4. The number of hydrogen-bond acceptors (Lipinski definition) is 5. The van der Waals surface area contributed by atoms with Gasteiger partial charge in [-0.05, 0) is 55.6 Å². The highest BCUT2D eigenvalue weighted by Gasteiger charge is 2.38. The average Bonchev–Trinajstić information content (AvgIpc) is 3.18. The molecule has 0 spiro atoms. The topological polar surface area (TPSA) is 131 Å². The maximum atomic E-state index is 13.6. The first-order valence-corrected chi connectivity index (χ1v) is 10.2. The number of carboxylic acids is 2. The van der Waals surface area contributed by atoms with Crippen LogP contribution in [-0.4, -0.2) is 49.6 Å². The molecule has 35 heavy (non-hydrogen) atoms. The standard InChI is InChI=1S/C20H18F2N4O2.C2HF3O2/c21-15-5-3-11(8-16(15)22)17-9-14-12(10-24-17)2-4-13-18(14)25-26(7-1-6-23)19(13)20(27)28;3-2(4,5)1(6)7/h3,5,8-10H,1-2,4,6-7,23H2,(H,27,28);(H,6,7). The van der Waals surface area contributed by atoms with Crippen LogP contribution in [0.2, 0.25) is 0 Å². The van der Waals surface area contributed by atoms with Gasteiger partial charge >= 0.3 is 18.1 Å². The molecule has 0 unspecified atom stereocenters. The van der Waals surface area contributed by atoms with Gasteiger partial charge in [0.25, 0.3) is 0 Å². The van der Waals surface area contributed by atoms with Crippen LogP contribution < -0.4 is 5.73 Å². The lowest BCUT2D eigenvalue weighted by molar-refractivity contribution is -0.192. The zero-order valence-corrected chi connectivity index (χ0v) is 17.9. The van der Waals surface area contributed by atoms with E-state index in [0.29, 0.717) is 54.9 Å². The summed E-state index contributed by atoms with van der Waals surface area (Å²) in [6.07, 6.45) is -1.59. The van der Waals surface area contributed by atoms with Crippen molar-refractivity contribution in [1.82, 2.24) is 14.8 Å². The van der Waals surface area contributed by atoms with Crippen LogP contribution in [0.25, 0.3) is 22.5 Å². The van der Waals surface area contributed by atoms with Crippen molar-refractivity contribution in [2.45, 2.75) is 32.0 Å². The van der Waals surface area contributed by atoms with Crippen LogP contribution in [0.15, 0.2) is 30.5 Å². The predicted molar refractivity (Wildman–Crippen MR) is 113 cm³/mol. The summed E-state index contributed by atoms with van der Waals surface area (Å²) in [5.74, 6) is -5.65. The van der Waals surface area contributed by atoms with Gasteiger partial charge in [0, 0.05) is 29.4 Å². The van der Waals surface area contributed by atoms with Gasteiger partial charge in [-0.15, -0.1) is 0 Å². The fraction of sp³-hybridized carbons (Fsp3) is 0.273. The molecule has 3 aromatic rings. The second-order valence-electron chi connectivity index (χ2n) is 7.50. The Labute approximate surface area is 194 Å². The molecule has 0 fully saturated rings. The zero-order chi connectivity index (χ0) is 25.9. The molecule has 13 heteroatoms. The molecule has 1 aromatic carbocycles. The van der Waals surface area contributed by atoms with Crippen molar-refractivity contribution in [1.29, 1.82) is 0 Å². The molecular weight excluding hydrogens is 479 g/mol. The lowest BCUT2D eigenvalue weighted by Gasteiger charge is -2.16. The molecule has 2 heterocycles. The van der Waals surface area contributed by atoms with Gasteiger partial charge in [-0.1, -0.05) is 0 Å². The summed E-state index contributed by atoms with van der Waals surface area (Å²) in [6.45, 7) is 0.853. The van der Waals surface area contributed by atoms with Crippen molar-refractivity contribution in [3.8, 4) is 22.5 Å². The number of alkyl halides is 3. The molecule has 0 atom stereocenters. The van der Waals surface area contributed by atoms with E-state index in [0.717, 1.165) is 23.3 Å². The fourth-order valence-electron chi connectivity index (χ4n) is 3.57.